The van der Waals surface area contributed by atoms with Crippen molar-refractivity contribution in [1.29, 1.82) is 0 Å². The Balaban J connectivity index is 2.18. The normalized spacial score (nSPS) is 13.4. The molecule has 1 aromatic heterocycles. The summed E-state index contributed by atoms with van der Waals surface area (Å²) in [4.78, 5) is 5.80. The number of H-pyrrole nitrogens is 1. The van der Waals surface area contributed by atoms with Crippen LogP contribution in [0.1, 0.15) is 18.2 Å². The van der Waals surface area contributed by atoms with E-state index in [1.165, 1.54) is 22.2 Å². The van der Waals surface area contributed by atoms with E-state index >= 15 is 0 Å². The third kappa shape index (κ3) is 2.74. The summed E-state index contributed by atoms with van der Waals surface area (Å²) in [7, 11) is 2.16. The molecule has 2 rings (SSSR count). The summed E-state index contributed by atoms with van der Waals surface area (Å²) in [6.07, 6.45) is 0. The van der Waals surface area contributed by atoms with Gasteiger partial charge in [-0.15, -0.1) is 0 Å². The van der Waals surface area contributed by atoms with Gasteiger partial charge < -0.3 is 15.6 Å². The monoisotopic (exact) mass is 245 g/mol. The largest absolute Gasteiger partial charge is 0.358 e. The van der Waals surface area contributed by atoms with Crippen LogP contribution in [-0.4, -0.2) is 30.0 Å². The van der Waals surface area contributed by atoms with Gasteiger partial charge in [-0.3, -0.25) is 0 Å². The number of para-hydroxylation sites is 1. The van der Waals surface area contributed by atoms with Crippen LogP contribution < -0.4 is 5.73 Å². The van der Waals surface area contributed by atoms with Crippen LogP contribution in [0.2, 0.25) is 0 Å². The Labute approximate surface area is 109 Å². The number of hydrogen-bond donors (Lipinski definition) is 2. The van der Waals surface area contributed by atoms with E-state index < -0.39 is 0 Å². The zero-order valence-electron chi connectivity index (χ0n) is 11.5. The lowest BCUT2D eigenvalue weighted by Crippen LogP contribution is -2.28. The minimum atomic E-state index is 0.542. The van der Waals surface area contributed by atoms with E-state index in [0.29, 0.717) is 5.92 Å². The number of nitrogens with two attached hydrogens (primary N) is 1. The van der Waals surface area contributed by atoms with Gasteiger partial charge in [-0.2, -0.15) is 0 Å². The van der Waals surface area contributed by atoms with Crippen molar-refractivity contribution in [2.75, 3.05) is 20.1 Å². The molecule has 0 bridgehead atoms. The molecule has 1 heterocycles. The van der Waals surface area contributed by atoms with Gasteiger partial charge in [-0.05, 0) is 38.1 Å². The third-order valence-corrected chi connectivity index (χ3v) is 3.48. The highest BCUT2D eigenvalue weighted by atomic mass is 15.1. The number of aromatic nitrogens is 1. The lowest BCUT2D eigenvalue weighted by molar-refractivity contribution is 0.282. The summed E-state index contributed by atoms with van der Waals surface area (Å²) in [5, 5.41) is 1.34. The standard InChI is InChI=1S/C15H23N3/c1-11(8-16)9-18(3)10-14-12(2)17-15-7-5-4-6-13(14)15/h4-7,11,17H,8-10,16H2,1-3H3. The fraction of sp³-hybridized carbons (Fsp3) is 0.467. The summed E-state index contributed by atoms with van der Waals surface area (Å²) < 4.78 is 0. The molecule has 0 saturated heterocycles. The van der Waals surface area contributed by atoms with E-state index in [2.05, 4.69) is 55.0 Å². The molecule has 1 atom stereocenters. The van der Waals surface area contributed by atoms with Gasteiger partial charge in [0.25, 0.3) is 0 Å². The molecule has 0 spiro atoms. The second kappa shape index (κ2) is 5.55. The lowest BCUT2D eigenvalue weighted by atomic mass is 10.1. The van der Waals surface area contributed by atoms with Crippen molar-refractivity contribution >= 4 is 10.9 Å². The van der Waals surface area contributed by atoms with Gasteiger partial charge in [0.05, 0.1) is 0 Å². The average molecular weight is 245 g/mol. The third-order valence-electron chi connectivity index (χ3n) is 3.48. The van der Waals surface area contributed by atoms with Crippen molar-refractivity contribution in [3.05, 3.63) is 35.5 Å². The van der Waals surface area contributed by atoms with E-state index in [-0.39, 0.29) is 0 Å². The number of aromatic amines is 1. The molecular formula is C15H23N3. The fourth-order valence-electron chi connectivity index (χ4n) is 2.48. The second-order valence-electron chi connectivity index (χ2n) is 5.31. The van der Waals surface area contributed by atoms with Crippen LogP contribution in [0.5, 0.6) is 0 Å². The maximum absolute atomic E-state index is 5.68. The maximum Gasteiger partial charge on any atom is 0.0459 e. The molecular weight excluding hydrogens is 222 g/mol. The van der Waals surface area contributed by atoms with Crippen molar-refractivity contribution in [2.24, 2.45) is 11.7 Å². The van der Waals surface area contributed by atoms with Gasteiger partial charge in [-0.25, -0.2) is 0 Å². The van der Waals surface area contributed by atoms with E-state index in [4.69, 9.17) is 5.73 Å². The molecule has 2 aromatic rings. The Morgan fingerprint density at radius 2 is 2.06 bits per heavy atom. The number of nitrogens with zero attached hydrogens (tertiary/aromatic N) is 1. The number of aryl methyl sites for hydroxylation is 1. The molecule has 0 amide bonds. The minimum Gasteiger partial charge on any atom is -0.358 e. The number of fused-ring (bicyclic) bond motifs is 1. The van der Waals surface area contributed by atoms with E-state index in [1.54, 1.807) is 0 Å². The Morgan fingerprint density at radius 1 is 1.33 bits per heavy atom. The summed E-state index contributed by atoms with van der Waals surface area (Å²) in [6.45, 7) is 7.10. The molecule has 3 heteroatoms. The van der Waals surface area contributed by atoms with Crippen molar-refractivity contribution in [1.82, 2.24) is 9.88 Å². The predicted octanol–water partition coefficient (Wildman–Crippen LogP) is 2.50. The molecule has 3 nitrogen and oxygen atoms in total. The Morgan fingerprint density at radius 3 is 2.78 bits per heavy atom. The average Bonchev–Trinajstić information content (AvgIpc) is 2.66. The van der Waals surface area contributed by atoms with Crippen LogP contribution in [0.25, 0.3) is 10.9 Å². The van der Waals surface area contributed by atoms with Crippen LogP contribution in [0.3, 0.4) is 0 Å². The molecule has 0 aliphatic rings. The molecule has 1 aromatic carbocycles. The first-order chi connectivity index (χ1) is 8.61. The summed E-state index contributed by atoms with van der Waals surface area (Å²) in [5.41, 5.74) is 9.58. The smallest absolute Gasteiger partial charge is 0.0459 e. The minimum absolute atomic E-state index is 0.542. The number of rotatable bonds is 5. The zero-order valence-corrected chi connectivity index (χ0v) is 11.5. The van der Waals surface area contributed by atoms with Gasteiger partial charge in [0.15, 0.2) is 0 Å². The molecule has 0 aliphatic heterocycles. The highest BCUT2D eigenvalue weighted by Crippen LogP contribution is 2.23. The maximum atomic E-state index is 5.68. The van der Waals surface area contributed by atoms with Crippen LogP contribution in [0, 0.1) is 12.8 Å². The van der Waals surface area contributed by atoms with Crippen molar-refractivity contribution < 1.29 is 0 Å². The number of hydrogen-bond acceptors (Lipinski definition) is 2. The highest BCUT2D eigenvalue weighted by Gasteiger charge is 2.11. The van der Waals surface area contributed by atoms with Gasteiger partial charge in [0, 0.05) is 29.7 Å². The Bertz CT molecular complexity index is 515. The molecule has 0 fully saturated rings. The molecule has 98 valence electrons. The van der Waals surface area contributed by atoms with Crippen LogP contribution >= 0.6 is 0 Å². The summed E-state index contributed by atoms with van der Waals surface area (Å²) in [6, 6.07) is 8.49. The summed E-state index contributed by atoms with van der Waals surface area (Å²) in [5.74, 6) is 0.542. The van der Waals surface area contributed by atoms with Crippen LogP contribution in [0.15, 0.2) is 24.3 Å². The van der Waals surface area contributed by atoms with Crippen LogP contribution in [-0.2, 0) is 6.54 Å². The quantitative estimate of drug-likeness (QED) is 0.850. The number of benzene rings is 1. The SMILES string of the molecule is Cc1[nH]c2ccccc2c1CN(C)CC(C)CN. The lowest BCUT2D eigenvalue weighted by Gasteiger charge is -2.20. The molecule has 0 aliphatic carbocycles. The first-order valence-corrected chi connectivity index (χ1v) is 6.56. The molecule has 3 N–H and O–H groups in total. The van der Waals surface area contributed by atoms with E-state index in [9.17, 15) is 0 Å². The molecule has 18 heavy (non-hydrogen) atoms. The van der Waals surface area contributed by atoms with Crippen LogP contribution in [0.4, 0.5) is 0 Å². The van der Waals surface area contributed by atoms with E-state index in [1.807, 2.05) is 0 Å². The number of nitrogens with one attached hydrogen (secondary N) is 1. The van der Waals surface area contributed by atoms with Gasteiger partial charge in [0.2, 0.25) is 0 Å². The summed E-state index contributed by atoms with van der Waals surface area (Å²) >= 11 is 0. The molecule has 0 radical (unpaired) electrons. The molecule has 1 unspecified atom stereocenters. The van der Waals surface area contributed by atoms with E-state index in [0.717, 1.165) is 19.6 Å². The molecule has 0 saturated carbocycles. The first-order valence-electron chi connectivity index (χ1n) is 6.56. The van der Waals surface area contributed by atoms with Crippen molar-refractivity contribution in [2.45, 2.75) is 20.4 Å². The van der Waals surface area contributed by atoms with Crippen molar-refractivity contribution in [3.8, 4) is 0 Å². The highest BCUT2D eigenvalue weighted by molar-refractivity contribution is 5.84. The Kier molecular flexibility index (Phi) is 4.04. The zero-order chi connectivity index (χ0) is 13.1. The topological polar surface area (TPSA) is 45.0 Å². The van der Waals surface area contributed by atoms with Gasteiger partial charge in [0.1, 0.15) is 0 Å². The van der Waals surface area contributed by atoms with Gasteiger partial charge >= 0.3 is 0 Å². The predicted molar refractivity (Wildman–Crippen MR) is 77.6 cm³/mol. The fourth-order valence-corrected chi connectivity index (χ4v) is 2.48. The van der Waals surface area contributed by atoms with Crippen molar-refractivity contribution in [3.63, 3.8) is 0 Å². The first kappa shape index (κ1) is 13.1. The second-order valence-corrected chi connectivity index (χ2v) is 5.31. The Hall–Kier alpha value is -1.32. The van der Waals surface area contributed by atoms with Gasteiger partial charge in [-0.1, -0.05) is 25.1 Å².